The van der Waals surface area contributed by atoms with Gasteiger partial charge in [-0.05, 0) is 24.8 Å². The highest BCUT2D eigenvalue weighted by Crippen LogP contribution is 2.17. The van der Waals surface area contributed by atoms with Gasteiger partial charge in [-0.25, -0.2) is 4.79 Å². The van der Waals surface area contributed by atoms with Crippen molar-refractivity contribution in [2.75, 3.05) is 6.54 Å². The van der Waals surface area contributed by atoms with Crippen LogP contribution < -0.4 is 5.32 Å². The monoisotopic (exact) mass is 277 g/mol. The van der Waals surface area contributed by atoms with Crippen molar-refractivity contribution in [1.82, 2.24) is 5.32 Å². The minimum Gasteiger partial charge on any atom is -0.462 e. The van der Waals surface area contributed by atoms with E-state index in [9.17, 15) is 9.59 Å². The molecule has 1 fully saturated rings. The fourth-order valence-electron chi connectivity index (χ4n) is 2.08. The smallest absolute Gasteiger partial charge is 0.407 e. The average Bonchev–Trinajstić information content (AvgIpc) is 2.88. The average molecular weight is 277 g/mol. The van der Waals surface area contributed by atoms with Gasteiger partial charge in [0.15, 0.2) is 0 Å². The molecule has 1 aliphatic rings. The predicted molar refractivity (Wildman–Crippen MR) is 73.0 cm³/mol. The molecule has 1 N–H and O–H groups in total. The Bertz CT molecular complexity index is 446. The Kier molecular flexibility index (Phi) is 5.41. The Labute approximate surface area is 118 Å². The first-order chi connectivity index (χ1) is 9.74. The molecule has 0 saturated carbocycles. The summed E-state index contributed by atoms with van der Waals surface area (Å²) in [5.74, 6) is -0.120. The Morgan fingerprint density at radius 3 is 2.85 bits per heavy atom. The number of rotatable bonds is 6. The summed E-state index contributed by atoms with van der Waals surface area (Å²) in [6, 6.07) is 9.53. The van der Waals surface area contributed by atoms with E-state index in [0.29, 0.717) is 13.0 Å². The highest BCUT2D eigenvalue weighted by atomic mass is 16.6. The van der Waals surface area contributed by atoms with E-state index in [4.69, 9.17) is 9.47 Å². The third kappa shape index (κ3) is 4.91. The van der Waals surface area contributed by atoms with E-state index in [0.717, 1.165) is 24.8 Å². The quantitative estimate of drug-likeness (QED) is 0.640. The maximum absolute atomic E-state index is 11.4. The molecule has 1 heterocycles. The lowest BCUT2D eigenvalue weighted by atomic mass is 10.1. The van der Waals surface area contributed by atoms with Crippen LogP contribution in [0.4, 0.5) is 4.79 Å². The minimum atomic E-state index is -0.419. The van der Waals surface area contributed by atoms with Crippen LogP contribution in [0.1, 0.15) is 31.2 Å². The molecule has 108 valence electrons. The van der Waals surface area contributed by atoms with Gasteiger partial charge in [0.05, 0.1) is 0 Å². The van der Waals surface area contributed by atoms with Gasteiger partial charge in [0.25, 0.3) is 0 Å². The minimum absolute atomic E-state index is 0.0182. The summed E-state index contributed by atoms with van der Waals surface area (Å²) in [6.45, 7) is 0.800. The number of nitrogens with one attached hydrogen (secondary N) is 1. The molecule has 1 unspecified atom stereocenters. The molecular weight excluding hydrogens is 258 g/mol. The van der Waals surface area contributed by atoms with E-state index in [-0.39, 0.29) is 18.7 Å². The van der Waals surface area contributed by atoms with Crippen molar-refractivity contribution in [3.63, 3.8) is 0 Å². The highest BCUT2D eigenvalue weighted by Gasteiger charge is 2.22. The lowest BCUT2D eigenvalue weighted by Crippen LogP contribution is -2.26. The van der Waals surface area contributed by atoms with Crippen LogP contribution in [0.15, 0.2) is 30.3 Å². The van der Waals surface area contributed by atoms with Gasteiger partial charge in [-0.2, -0.15) is 0 Å². The Morgan fingerprint density at radius 1 is 1.35 bits per heavy atom. The third-order valence-electron chi connectivity index (χ3n) is 3.15. The van der Waals surface area contributed by atoms with Crippen LogP contribution in [-0.2, 0) is 20.9 Å². The largest absolute Gasteiger partial charge is 0.462 e. The SMILES string of the molecule is O=C1CCC(CCCNC(=O)OCc2ccccc2)O1. The normalized spacial score (nSPS) is 17.6. The number of carbonyl (C=O) groups excluding carboxylic acids is 2. The molecule has 2 rings (SSSR count). The van der Waals surface area contributed by atoms with Gasteiger partial charge in [-0.15, -0.1) is 0 Å². The number of carbonyl (C=O) groups is 2. The molecule has 5 nitrogen and oxygen atoms in total. The third-order valence-corrected chi connectivity index (χ3v) is 3.15. The predicted octanol–water partition coefficient (Wildman–Crippen LogP) is 2.40. The van der Waals surface area contributed by atoms with Crippen molar-refractivity contribution >= 4 is 12.1 Å². The maximum Gasteiger partial charge on any atom is 0.407 e. The Balaban J connectivity index is 1.53. The van der Waals surface area contributed by atoms with Crippen LogP contribution in [0.3, 0.4) is 0 Å². The van der Waals surface area contributed by atoms with Crippen molar-refractivity contribution in [3.8, 4) is 0 Å². The van der Waals surface area contributed by atoms with Crippen molar-refractivity contribution < 1.29 is 19.1 Å². The van der Waals surface area contributed by atoms with Crippen LogP contribution in [-0.4, -0.2) is 24.7 Å². The molecule has 20 heavy (non-hydrogen) atoms. The molecule has 5 heteroatoms. The van der Waals surface area contributed by atoms with Crippen LogP contribution in [0, 0.1) is 0 Å². The van der Waals surface area contributed by atoms with E-state index < -0.39 is 6.09 Å². The van der Waals surface area contributed by atoms with Gasteiger partial charge in [0.1, 0.15) is 12.7 Å². The van der Waals surface area contributed by atoms with Crippen LogP contribution in [0.5, 0.6) is 0 Å². The first kappa shape index (κ1) is 14.4. The number of ether oxygens (including phenoxy) is 2. The summed E-state index contributed by atoms with van der Waals surface area (Å²) in [4.78, 5) is 22.3. The van der Waals surface area contributed by atoms with E-state index in [1.165, 1.54) is 0 Å². The number of amides is 1. The Hall–Kier alpha value is -2.04. The summed E-state index contributed by atoms with van der Waals surface area (Å²) < 4.78 is 10.2. The molecule has 0 aromatic heterocycles. The second-order valence-corrected chi connectivity index (χ2v) is 4.78. The summed E-state index contributed by atoms with van der Waals surface area (Å²) in [5.41, 5.74) is 0.959. The maximum atomic E-state index is 11.4. The van der Waals surface area contributed by atoms with Gasteiger partial charge >= 0.3 is 12.1 Å². The number of benzene rings is 1. The number of alkyl carbamates (subject to hydrolysis) is 1. The highest BCUT2D eigenvalue weighted by molar-refractivity contribution is 5.71. The van der Waals surface area contributed by atoms with Crippen LogP contribution in [0.25, 0.3) is 0 Å². The number of esters is 1. The lowest BCUT2D eigenvalue weighted by molar-refractivity contribution is -0.141. The van der Waals surface area contributed by atoms with Gasteiger partial charge in [0.2, 0.25) is 0 Å². The molecule has 0 radical (unpaired) electrons. The molecule has 1 atom stereocenters. The van der Waals surface area contributed by atoms with Crippen molar-refractivity contribution in [2.24, 2.45) is 0 Å². The fourth-order valence-corrected chi connectivity index (χ4v) is 2.08. The zero-order valence-electron chi connectivity index (χ0n) is 11.3. The van der Waals surface area contributed by atoms with Gasteiger partial charge < -0.3 is 14.8 Å². The molecular formula is C15H19NO4. The molecule has 0 spiro atoms. The molecule has 1 amide bonds. The standard InChI is InChI=1S/C15H19NO4/c17-14-9-8-13(20-14)7-4-10-16-15(18)19-11-12-5-2-1-3-6-12/h1-3,5-6,13H,4,7-11H2,(H,16,18). The zero-order chi connectivity index (χ0) is 14.2. The van der Waals surface area contributed by atoms with E-state index >= 15 is 0 Å². The van der Waals surface area contributed by atoms with Crippen molar-refractivity contribution in [2.45, 2.75) is 38.4 Å². The number of hydrogen-bond acceptors (Lipinski definition) is 4. The molecule has 1 aromatic carbocycles. The summed E-state index contributed by atoms with van der Waals surface area (Å²) in [6.07, 6.45) is 2.46. The van der Waals surface area contributed by atoms with Gasteiger partial charge in [-0.3, -0.25) is 4.79 Å². The van der Waals surface area contributed by atoms with Crippen molar-refractivity contribution in [3.05, 3.63) is 35.9 Å². The summed E-state index contributed by atoms with van der Waals surface area (Å²) in [5, 5.41) is 2.69. The molecule has 1 aromatic rings. The molecule has 1 saturated heterocycles. The van der Waals surface area contributed by atoms with Crippen molar-refractivity contribution in [1.29, 1.82) is 0 Å². The van der Waals surface area contributed by atoms with E-state index in [2.05, 4.69) is 5.32 Å². The first-order valence-corrected chi connectivity index (χ1v) is 6.88. The lowest BCUT2D eigenvalue weighted by Gasteiger charge is -2.10. The molecule has 1 aliphatic heterocycles. The second kappa shape index (κ2) is 7.53. The topological polar surface area (TPSA) is 64.6 Å². The van der Waals surface area contributed by atoms with Gasteiger partial charge in [0, 0.05) is 13.0 Å². The zero-order valence-corrected chi connectivity index (χ0v) is 11.3. The fraction of sp³-hybridized carbons (Fsp3) is 0.467. The first-order valence-electron chi connectivity index (χ1n) is 6.88. The van der Waals surface area contributed by atoms with Crippen LogP contribution >= 0.6 is 0 Å². The molecule has 0 bridgehead atoms. The molecule has 0 aliphatic carbocycles. The van der Waals surface area contributed by atoms with Crippen LogP contribution in [0.2, 0.25) is 0 Å². The Morgan fingerprint density at radius 2 is 2.15 bits per heavy atom. The second-order valence-electron chi connectivity index (χ2n) is 4.78. The van der Waals surface area contributed by atoms with Gasteiger partial charge in [-0.1, -0.05) is 30.3 Å². The number of hydrogen-bond donors (Lipinski definition) is 1. The summed E-state index contributed by atoms with van der Waals surface area (Å²) >= 11 is 0. The van der Waals surface area contributed by atoms with E-state index in [1.807, 2.05) is 30.3 Å². The van der Waals surface area contributed by atoms with E-state index in [1.54, 1.807) is 0 Å². The number of cyclic esters (lactones) is 1. The summed E-state index contributed by atoms with van der Waals surface area (Å²) in [7, 11) is 0.